The summed E-state index contributed by atoms with van der Waals surface area (Å²) in [4.78, 5) is 4.60. The lowest BCUT2D eigenvalue weighted by Crippen LogP contribution is -2.47. The highest BCUT2D eigenvalue weighted by Crippen LogP contribution is 2.28. The molecule has 0 saturated carbocycles. The smallest absolute Gasteiger partial charge is 0.161 e. The predicted molar refractivity (Wildman–Crippen MR) is 120 cm³/mol. The lowest BCUT2D eigenvalue weighted by molar-refractivity contribution is 0.0498. The molecule has 3 rings (SSSR count). The predicted octanol–water partition coefficient (Wildman–Crippen LogP) is 2.28. The lowest BCUT2D eigenvalue weighted by atomic mass is 10.1. The number of nitrogens with one attached hydrogen (secondary N) is 1. The Morgan fingerprint density at radius 2 is 1.80 bits per heavy atom. The first-order valence-electron chi connectivity index (χ1n) is 10.7. The molecule has 6 nitrogen and oxygen atoms in total. The largest absolute Gasteiger partial charge is 0.493 e. The zero-order chi connectivity index (χ0) is 21.3. The molecule has 164 valence electrons. The Bertz CT molecular complexity index is 791. The minimum atomic E-state index is -0.527. The summed E-state index contributed by atoms with van der Waals surface area (Å²) in [5.74, 6) is 1.36. The van der Waals surface area contributed by atoms with Crippen LogP contribution in [-0.4, -0.2) is 74.5 Å². The van der Waals surface area contributed by atoms with E-state index >= 15 is 0 Å². The van der Waals surface area contributed by atoms with Crippen molar-refractivity contribution in [3.63, 3.8) is 0 Å². The molecular formula is C24H35N3O3. The Hall–Kier alpha value is -2.12. The van der Waals surface area contributed by atoms with Crippen molar-refractivity contribution in [3.05, 3.63) is 59.2 Å². The number of aliphatic hydroxyl groups is 1. The van der Waals surface area contributed by atoms with Crippen molar-refractivity contribution in [2.75, 3.05) is 53.5 Å². The molecule has 0 spiro atoms. The average Bonchev–Trinajstić information content (AvgIpc) is 2.75. The van der Waals surface area contributed by atoms with Crippen molar-refractivity contribution in [1.29, 1.82) is 0 Å². The second kappa shape index (κ2) is 11.3. The maximum absolute atomic E-state index is 10.4. The van der Waals surface area contributed by atoms with Crippen LogP contribution in [-0.2, 0) is 13.1 Å². The summed E-state index contributed by atoms with van der Waals surface area (Å²) in [6, 6.07) is 14.4. The van der Waals surface area contributed by atoms with Gasteiger partial charge in [0.15, 0.2) is 11.5 Å². The highest BCUT2D eigenvalue weighted by Gasteiger charge is 2.18. The maximum atomic E-state index is 10.4. The topological polar surface area (TPSA) is 57.2 Å². The van der Waals surface area contributed by atoms with Crippen LogP contribution in [0.25, 0.3) is 0 Å². The molecule has 1 heterocycles. The Kier molecular flexibility index (Phi) is 8.51. The Balaban J connectivity index is 1.50. The van der Waals surface area contributed by atoms with Crippen LogP contribution in [0.3, 0.4) is 0 Å². The maximum Gasteiger partial charge on any atom is 0.161 e. The molecule has 1 aliphatic heterocycles. The number of nitrogens with zero attached hydrogens (tertiary/aromatic N) is 2. The number of β-amino-alcohol motifs (C(OH)–C–C–N with tert-alkyl or cyclic N) is 1. The SMILES string of the molecule is COc1ccc(CNCc2ccccc2C)cc1OC[C@@H](O)CN1CCN(C)CC1. The molecule has 0 amide bonds. The van der Waals surface area contributed by atoms with Gasteiger partial charge >= 0.3 is 0 Å². The highest BCUT2D eigenvalue weighted by atomic mass is 16.5. The van der Waals surface area contributed by atoms with Gasteiger partial charge in [-0.1, -0.05) is 30.3 Å². The average molecular weight is 414 g/mol. The third-order valence-corrected chi connectivity index (χ3v) is 5.63. The molecule has 0 radical (unpaired) electrons. The van der Waals surface area contributed by atoms with Gasteiger partial charge in [-0.2, -0.15) is 0 Å². The first kappa shape index (κ1) is 22.6. The molecule has 0 bridgehead atoms. The highest BCUT2D eigenvalue weighted by molar-refractivity contribution is 5.43. The quantitative estimate of drug-likeness (QED) is 0.623. The Labute approximate surface area is 180 Å². The number of hydrogen-bond donors (Lipinski definition) is 2. The van der Waals surface area contributed by atoms with E-state index in [1.165, 1.54) is 11.1 Å². The molecule has 0 unspecified atom stereocenters. The molecule has 0 aromatic heterocycles. The normalized spacial score (nSPS) is 16.4. The van der Waals surface area contributed by atoms with Gasteiger partial charge in [0, 0.05) is 45.8 Å². The molecule has 2 aromatic rings. The molecule has 1 atom stereocenters. The van der Waals surface area contributed by atoms with E-state index in [2.05, 4.69) is 53.4 Å². The second-order valence-electron chi connectivity index (χ2n) is 8.08. The van der Waals surface area contributed by atoms with Gasteiger partial charge in [0.05, 0.1) is 7.11 Å². The van der Waals surface area contributed by atoms with Crippen molar-refractivity contribution in [2.45, 2.75) is 26.1 Å². The fourth-order valence-electron chi connectivity index (χ4n) is 3.66. The van der Waals surface area contributed by atoms with Gasteiger partial charge in [-0.05, 0) is 42.8 Å². The fraction of sp³-hybridized carbons (Fsp3) is 0.500. The van der Waals surface area contributed by atoms with Gasteiger partial charge in [-0.15, -0.1) is 0 Å². The number of aliphatic hydroxyl groups excluding tert-OH is 1. The zero-order valence-electron chi connectivity index (χ0n) is 18.4. The van der Waals surface area contributed by atoms with Crippen LogP contribution in [0.2, 0.25) is 0 Å². The number of methoxy groups -OCH3 is 1. The van der Waals surface area contributed by atoms with Gasteiger partial charge in [-0.25, -0.2) is 0 Å². The summed E-state index contributed by atoms with van der Waals surface area (Å²) < 4.78 is 11.4. The van der Waals surface area contributed by atoms with E-state index in [0.717, 1.165) is 44.8 Å². The van der Waals surface area contributed by atoms with Crippen LogP contribution >= 0.6 is 0 Å². The monoisotopic (exact) mass is 413 g/mol. The van der Waals surface area contributed by atoms with Gasteiger partial charge in [-0.3, -0.25) is 4.90 Å². The van der Waals surface area contributed by atoms with Crippen molar-refractivity contribution in [3.8, 4) is 11.5 Å². The third kappa shape index (κ3) is 6.71. The van der Waals surface area contributed by atoms with Crippen LogP contribution < -0.4 is 14.8 Å². The third-order valence-electron chi connectivity index (χ3n) is 5.63. The minimum absolute atomic E-state index is 0.253. The van der Waals surface area contributed by atoms with Gasteiger partial charge in [0.25, 0.3) is 0 Å². The lowest BCUT2D eigenvalue weighted by Gasteiger charge is -2.33. The molecule has 1 aliphatic rings. The van der Waals surface area contributed by atoms with Crippen LogP contribution in [0.1, 0.15) is 16.7 Å². The number of piperazine rings is 1. The van der Waals surface area contributed by atoms with Crippen LogP contribution in [0.5, 0.6) is 11.5 Å². The van der Waals surface area contributed by atoms with Crippen molar-refractivity contribution in [2.24, 2.45) is 0 Å². The van der Waals surface area contributed by atoms with E-state index in [1.807, 2.05) is 18.2 Å². The molecular weight excluding hydrogens is 378 g/mol. The number of likely N-dealkylation sites (N-methyl/N-ethyl adjacent to an activating group) is 1. The summed E-state index contributed by atoms with van der Waals surface area (Å²) in [6.45, 7) is 8.62. The van der Waals surface area contributed by atoms with E-state index in [9.17, 15) is 5.11 Å². The summed E-state index contributed by atoms with van der Waals surface area (Å²) in [5.41, 5.74) is 3.71. The van der Waals surface area contributed by atoms with E-state index < -0.39 is 6.10 Å². The summed E-state index contributed by atoms with van der Waals surface area (Å²) >= 11 is 0. The Morgan fingerprint density at radius 3 is 2.53 bits per heavy atom. The summed E-state index contributed by atoms with van der Waals surface area (Å²) in [6.07, 6.45) is -0.527. The Morgan fingerprint density at radius 1 is 1.03 bits per heavy atom. The van der Waals surface area contributed by atoms with Crippen molar-refractivity contribution >= 4 is 0 Å². The van der Waals surface area contributed by atoms with Gasteiger partial charge in [0.2, 0.25) is 0 Å². The molecule has 2 N–H and O–H groups in total. The second-order valence-corrected chi connectivity index (χ2v) is 8.08. The zero-order valence-corrected chi connectivity index (χ0v) is 18.4. The van der Waals surface area contributed by atoms with Gasteiger partial charge in [0.1, 0.15) is 12.7 Å². The van der Waals surface area contributed by atoms with E-state index in [4.69, 9.17) is 9.47 Å². The van der Waals surface area contributed by atoms with E-state index in [1.54, 1.807) is 7.11 Å². The van der Waals surface area contributed by atoms with Crippen molar-refractivity contribution < 1.29 is 14.6 Å². The standard InChI is InChI=1S/C24H35N3O3/c1-19-6-4-5-7-21(19)16-25-15-20-8-9-23(29-3)24(14-20)30-18-22(28)17-27-12-10-26(2)11-13-27/h4-9,14,22,25,28H,10-13,15-18H2,1-3H3/t22-/m0/s1. The van der Waals surface area contributed by atoms with Crippen LogP contribution in [0.4, 0.5) is 0 Å². The van der Waals surface area contributed by atoms with E-state index in [-0.39, 0.29) is 6.61 Å². The van der Waals surface area contributed by atoms with Crippen LogP contribution in [0, 0.1) is 6.92 Å². The minimum Gasteiger partial charge on any atom is -0.493 e. The molecule has 2 aromatic carbocycles. The molecule has 0 aliphatic carbocycles. The molecule has 6 heteroatoms. The molecule has 1 saturated heterocycles. The van der Waals surface area contributed by atoms with Crippen molar-refractivity contribution in [1.82, 2.24) is 15.1 Å². The number of hydrogen-bond acceptors (Lipinski definition) is 6. The molecule has 30 heavy (non-hydrogen) atoms. The first-order valence-corrected chi connectivity index (χ1v) is 10.7. The number of aryl methyl sites for hydroxylation is 1. The number of rotatable bonds is 10. The number of benzene rings is 2. The molecule has 1 fully saturated rings. The number of ether oxygens (including phenoxy) is 2. The van der Waals surface area contributed by atoms with Crippen LogP contribution in [0.15, 0.2) is 42.5 Å². The fourth-order valence-corrected chi connectivity index (χ4v) is 3.66. The summed E-state index contributed by atoms with van der Waals surface area (Å²) in [5, 5.41) is 13.9. The summed E-state index contributed by atoms with van der Waals surface area (Å²) in [7, 11) is 3.77. The van der Waals surface area contributed by atoms with E-state index in [0.29, 0.717) is 18.0 Å². The first-order chi connectivity index (χ1) is 14.5. The van der Waals surface area contributed by atoms with Gasteiger partial charge < -0.3 is 24.8 Å².